The highest BCUT2D eigenvalue weighted by molar-refractivity contribution is 7.10. The number of benzene rings is 3. The molecule has 6 rings (SSSR count). The smallest absolute Gasteiger partial charge is 0.338 e. The van der Waals surface area contributed by atoms with Gasteiger partial charge in [-0.15, -0.1) is 11.3 Å². The number of halogens is 2. The molecule has 0 spiro atoms. The normalized spacial score (nSPS) is 14.5. The van der Waals surface area contributed by atoms with Crippen molar-refractivity contribution in [3.63, 3.8) is 0 Å². The van der Waals surface area contributed by atoms with Crippen molar-refractivity contribution in [3.05, 3.63) is 141 Å². The summed E-state index contributed by atoms with van der Waals surface area (Å²) in [5.74, 6) is 0.586. The van der Waals surface area contributed by atoms with E-state index in [0.717, 1.165) is 21.6 Å². The van der Waals surface area contributed by atoms with Crippen LogP contribution in [0.25, 0.3) is 11.8 Å². The van der Waals surface area contributed by atoms with E-state index in [1.165, 1.54) is 22.7 Å². The monoisotopic (exact) mass is 690 g/mol. The molecule has 3 aromatic carbocycles. The quantitative estimate of drug-likeness (QED) is 0.144. The Morgan fingerprint density at radius 3 is 2.48 bits per heavy atom. The highest BCUT2D eigenvalue weighted by Gasteiger charge is 2.35. The van der Waals surface area contributed by atoms with Crippen LogP contribution in [0.1, 0.15) is 41.5 Å². The minimum absolute atomic E-state index is 0.196. The molecule has 2 aromatic heterocycles. The zero-order valence-corrected chi connectivity index (χ0v) is 28.0. The number of hydrogen-bond donors (Lipinski definition) is 0. The maximum absolute atomic E-state index is 14.1. The van der Waals surface area contributed by atoms with Crippen LogP contribution in [-0.4, -0.2) is 23.8 Å². The summed E-state index contributed by atoms with van der Waals surface area (Å²) in [6.45, 7) is 4.54. The first kappa shape index (κ1) is 31.8. The molecule has 1 aliphatic heterocycles. The van der Waals surface area contributed by atoms with Gasteiger partial charge in [0.15, 0.2) is 16.3 Å². The molecule has 46 heavy (non-hydrogen) atoms. The third-order valence-electron chi connectivity index (χ3n) is 7.13. The number of ether oxygens (including phenoxy) is 3. The van der Waals surface area contributed by atoms with Crippen molar-refractivity contribution < 1.29 is 19.0 Å². The van der Waals surface area contributed by atoms with Crippen molar-refractivity contribution >= 4 is 63.6 Å². The Hall–Kier alpha value is -4.15. The lowest BCUT2D eigenvalue weighted by atomic mass is 9.97. The van der Waals surface area contributed by atoms with E-state index in [0.29, 0.717) is 48.8 Å². The SMILES string of the molecule is CCOC(=O)C1=C(c2ccccc2)N=c2s/c(=C\c3ccc(OCc4ccc(Cl)c(Cl)c4)c(OCC)c3)c(=O)n2[C@H]1c1cccs1. The number of thiazole rings is 1. The zero-order chi connectivity index (χ0) is 32.2. The Kier molecular flexibility index (Phi) is 9.75. The highest BCUT2D eigenvalue weighted by atomic mass is 35.5. The minimum Gasteiger partial charge on any atom is -0.490 e. The van der Waals surface area contributed by atoms with E-state index in [1.54, 1.807) is 29.7 Å². The number of hydrogen-bond acceptors (Lipinski definition) is 8. The van der Waals surface area contributed by atoms with Gasteiger partial charge in [-0.2, -0.15) is 0 Å². The summed E-state index contributed by atoms with van der Waals surface area (Å²) in [7, 11) is 0. The van der Waals surface area contributed by atoms with Crippen LogP contribution in [0.5, 0.6) is 11.5 Å². The Morgan fingerprint density at radius 1 is 0.935 bits per heavy atom. The van der Waals surface area contributed by atoms with Crippen molar-refractivity contribution in [2.24, 2.45) is 4.99 Å². The second-order valence-electron chi connectivity index (χ2n) is 10.1. The Labute approximate surface area is 283 Å². The lowest BCUT2D eigenvalue weighted by Crippen LogP contribution is -2.39. The van der Waals surface area contributed by atoms with Crippen LogP contribution in [0, 0.1) is 0 Å². The second kappa shape index (κ2) is 14.1. The van der Waals surface area contributed by atoms with Gasteiger partial charge in [0.05, 0.1) is 39.1 Å². The lowest BCUT2D eigenvalue weighted by Gasteiger charge is -2.24. The molecule has 3 heterocycles. The first-order chi connectivity index (χ1) is 22.4. The van der Waals surface area contributed by atoms with E-state index >= 15 is 0 Å². The van der Waals surface area contributed by atoms with Gasteiger partial charge < -0.3 is 14.2 Å². The van der Waals surface area contributed by atoms with Crippen LogP contribution in [-0.2, 0) is 16.1 Å². The van der Waals surface area contributed by atoms with Gasteiger partial charge in [0.25, 0.3) is 5.56 Å². The molecule has 234 valence electrons. The molecular formula is C35H28Cl2N2O5S2. The number of carbonyl (C=O) groups excluding carboxylic acids is 1. The van der Waals surface area contributed by atoms with Gasteiger partial charge in [-0.1, -0.05) is 83.1 Å². The van der Waals surface area contributed by atoms with Crippen molar-refractivity contribution in [2.45, 2.75) is 26.5 Å². The summed E-state index contributed by atoms with van der Waals surface area (Å²) in [5, 5.41) is 2.86. The number of esters is 1. The molecule has 0 radical (unpaired) electrons. The summed E-state index contributed by atoms with van der Waals surface area (Å²) in [6.07, 6.45) is 1.80. The van der Waals surface area contributed by atoms with Crippen molar-refractivity contribution in [1.82, 2.24) is 4.57 Å². The van der Waals surface area contributed by atoms with E-state index < -0.39 is 12.0 Å². The van der Waals surface area contributed by atoms with Gasteiger partial charge in [0, 0.05) is 10.4 Å². The number of aromatic nitrogens is 1. The minimum atomic E-state index is -0.691. The third-order valence-corrected chi connectivity index (χ3v) is 9.78. The molecule has 0 unspecified atom stereocenters. The second-order valence-corrected chi connectivity index (χ2v) is 12.9. The van der Waals surface area contributed by atoms with Crippen LogP contribution in [0.15, 0.2) is 99.6 Å². The Bertz CT molecular complexity index is 2100. The standard InChI is InChI=1S/C35H28Cl2N2O5S2/c1-3-42-27-18-21(13-15-26(27)44-20-22-12-14-24(36)25(37)17-22)19-29-33(40)39-32(28-11-8-16-45-28)30(34(41)43-4-2)31(38-35(39)46-29)23-9-6-5-7-10-23/h5-19,32H,3-4,20H2,1-2H3/b29-19-/t32-/m0/s1. The molecule has 0 bridgehead atoms. The summed E-state index contributed by atoms with van der Waals surface area (Å²) in [4.78, 5) is 33.9. The molecular weight excluding hydrogens is 663 g/mol. The summed E-state index contributed by atoms with van der Waals surface area (Å²) in [6, 6.07) is 23.5. The average Bonchev–Trinajstić information content (AvgIpc) is 3.70. The van der Waals surface area contributed by atoms with Gasteiger partial charge in [0.1, 0.15) is 12.6 Å². The predicted octanol–water partition coefficient (Wildman–Crippen LogP) is 7.28. The maximum Gasteiger partial charge on any atom is 0.338 e. The summed E-state index contributed by atoms with van der Waals surface area (Å²) < 4.78 is 19.5. The molecule has 0 aliphatic carbocycles. The first-order valence-corrected chi connectivity index (χ1v) is 17.0. The van der Waals surface area contributed by atoms with Gasteiger partial charge in [-0.3, -0.25) is 9.36 Å². The highest BCUT2D eigenvalue weighted by Crippen LogP contribution is 2.37. The van der Waals surface area contributed by atoms with Gasteiger partial charge in [0.2, 0.25) is 0 Å². The molecule has 0 N–H and O–H groups in total. The molecule has 1 atom stereocenters. The molecule has 7 nitrogen and oxygen atoms in total. The number of nitrogens with zero attached hydrogens (tertiary/aromatic N) is 2. The number of rotatable bonds is 10. The van der Waals surface area contributed by atoms with E-state index in [9.17, 15) is 9.59 Å². The summed E-state index contributed by atoms with van der Waals surface area (Å²) in [5.41, 5.74) is 2.94. The van der Waals surface area contributed by atoms with Crippen molar-refractivity contribution in [2.75, 3.05) is 13.2 Å². The van der Waals surface area contributed by atoms with Crippen LogP contribution in [0.2, 0.25) is 10.0 Å². The average molecular weight is 692 g/mol. The van der Waals surface area contributed by atoms with E-state index in [1.807, 2.05) is 79.0 Å². The van der Waals surface area contributed by atoms with Crippen molar-refractivity contribution in [1.29, 1.82) is 0 Å². The number of carbonyl (C=O) groups is 1. The molecule has 11 heteroatoms. The first-order valence-electron chi connectivity index (χ1n) is 14.5. The van der Waals surface area contributed by atoms with Gasteiger partial charge in [-0.25, -0.2) is 9.79 Å². The number of thiophene rings is 1. The van der Waals surface area contributed by atoms with Crippen LogP contribution in [0.4, 0.5) is 0 Å². The maximum atomic E-state index is 14.1. The van der Waals surface area contributed by atoms with Gasteiger partial charge in [-0.05, 0) is 66.8 Å². The van der Waals surface area contributed by atoms with E-state index in [4.69, 9.17) is 42.4 Å². The molecule has 0 saturated heterocycles. The Balaban J connectivity index is 1.43. The van der Waals surface area contributed by atoms with E-state index in [-0.39, 0.29) is 18.8 Å². The zero-order valence-electron chi connectivity index (χ0n) is 24.9. The molecule has 1 aliphatic rings. The molecule has 0 saturated carbocycles. The molecule has 5 aromatic rings. The fourth-order valence-corrected chi connectivity index (χ4v) is 7.25. The van der Waals surface area contributed by atoms with Crippen LogP contribution < -0.4 is 24.4 Å². The number of fused-ring (bicyclic) bond motifs is 1. The Morgan fingerprint density at radius 2 is 1.76 bits per heavy atom. The predicted molar refractivity (Wildman–Crippen MR) is 184 cm³/mol. The van der Waals surface area contributed by atoms with Crippen LogP contribution in [0.3, 0.4) is 0 Å². The third kappa shape index (κ3) is 6.55. The topological polar surface area (TPSA) is 79.1 Å². The molecule has 0 amide bonds. The van der Waals surface area contributed by atoms with E-state index in [2.05, 4.69) is 0 Å². The van der Waals surface area contributed by atoms with Gasteiger partial charge >= 0.3 is 5.97 Å². The lowest BCUT2D eigenvalue weighted by molar-refractivity contribution is -0.138. The largest absolute Gasteiger partial charge is 0.490 e. The fourth-order valence-electron chi connectivity index (χ4n) is 5.10. The molecule has 0 fully saturated rings. The summed E-state index contributed by atoms with van der Waals surface area (Å²) >= 11 is 15.0. The van der Waals surface area contributed by atoms with Crippen molar-refractivity contribution in [3.8, 4) is 11.5 Å². The van der Waals surface area contributed by atoms with Crippen LogP contribution >= 0.6 is 45.9 Å². The fraction of sp³-hybridized carbons (Fsp3) is 0.171.